The molecule has 8 heteroatoms. The Morgan fingerprint density at radius 3 is 2.15 bits per heavy atom. The van der Waals surface area contributed by atoms with Gasteiger partial charge in [-0.25, -0.2) is 4.79 Å². The van der Waals surface area contributed by atoms with Crippen molar-refractivity contribution < 1.29 is 85.5 Å². The Balaban J connectivity index is 0.00000370. The molecular weight excluding hydrogens is 535 g/mol. The van der Waals surface area contributed by atoms with Crippen LogP contribution in [0.2, 0.25) is 0 Å². The van der Waals surface area contributed by atoms with Crippen molar-refractivity contribution in [3.05, 3.63) is 11.6 Å². The second-order valence-corrected chi connectivity index (χ2v) is 15.6. The summed E-state index contributed by atoms with van der Waals surface area (Å²) in [5.41, 5.74) is -0.892. The number of aliphatic carboxylic acids is 2. The monoisotopic (exact) mass is 580 g/mol. The molecule has 5 aliphatic rings. The molecule has 0 spiro atoms. The van der Waals surface area contributed by atoms with E-state index in [9.17, 15) is 29.4 Å². The van der Waals surface area contributed by atoms with Gasteiger partial charge in [0.05, 0.1) is 5.41 Å². The summed E-state index contributed by atoms with van der Waals surface area (Å²) in [5.74, 6) is -3.77. The molecule has 0 radical (unpaired) electrons. The molecule has 0 amide bonds. The first kappa shape index (κ1) is 32.4. The first-order valence-corrected chi connectivity index (χ1v) is 14.8. The van der Waals surface area contributed by atoms with Crippen LogP contribution in [0.1, 0.15) is 106 Å². The topological polar surface area (TPSA) is 121 Å². The van der Waals surface area contributed by atoms with Gasteiger partial charge < -0.3 is 19.7 Å². The molecule has 5 aliphatic carbocycles. The maximum atomic E-state index is 14.4. The number of carbonyl (C=O) groups is 4. The molecule has 5 rings (SSSR count). The van der Waals surface area contributed by atoms with E-state index >= 15 is 0 Å². The van der Waals surface area contributed by atoms with E-state index in [1.54, 1.807) is 0 Å². The van der Waals surface area contributed by atoms with Crippen molar-refractivity contribution >= 4 is 23.7 Å². The number of allylic oxidation sites excluding steroid dienone is 2. The summed E-state index contributed by atoms with van der Waals surface area (Å²) in [6.45, 7) is 15.1. The third-order valence-electron chi connectivity index (χ3n) is 13.4. The standard InChI is InChI=1S/C32H46O7.K/c1-27(2)21-8-11-32(7)23(30(21,5)10-9-22(27)39-25(36)24(34)35)20(33)16-18-19-17-29(4,26(37)38)13-12-28(19,3)14-15-31(18,32)6;/h16,19,21-23H,8-15,17H2,1-7H3,(H,34,35)(H,37,38);/q;+1/p-1/t19-,21-,22-,23+,28+,29-,30-,31+,32+;/m0./s1. The van der Waals surface area contributed by atoms with Crippen molar-refractivity contribution in [3.8, 4) is 0 Å². The van der Waals surface area contributed by atoms with Crippen LogP contribution in [0, 0.1) is 50.2 Å². The number of carbonyl (C=O) groups excluding carboxylic acids is 3. The van der Waals surface area contributed by atoms with Gasteiger partial charge in [-0.1, -0.05) is 47.1 Å². The SMILES string of the molecule is CC1(C)[C@@H](OC(=O)C(=O)[O-])CC[C@]2(C)[C@H]3C(=O)C=C4[C@@H]5C[C@@](C)(C(=O)O)CC[C@]5(C)CC[C@@]4(C)[C@]3(C)CC[C@@H]12.[K+]. The number of ether oxygens (including phenoxy) is 1. The molecule has 216 valence electrons. The molecule has 0 aliphatic heterocycles. The number of hydrogen-bond donors (Lipinski definition) is 1. The summed E-state index contributed by atoms with van der Waals surface area (Å²) in [6.07, 6.45) is 8.42. The Hall–Kier alpha value is -0.544. The van der Waals surface area contributed by atoms with Crippen LogP contribution < -0.4 is 56.5 Å². The van der Waals surface area contributed by atoms with Crippen molar-refractivity contribution in [2.75, 3.05) is 0 Å². The third-order valence-corrected chi connectivity index (χ3v) is 13.4. The molecule has 0 saturated heterocycles. The van der Waals surface area contributed by atoms with E-state index < -0.39 is 34.8 Å². The van der Waals surface area contributed by atoms with Gasteiger partial charge in [0.1, 0.15) is 6.10 Å². The van der Waals surface area contributed by atoms with E-state index in [0.29, 0.717) is 25.7 Å². The number of carboxylic acids is 2. The van der Waals surface area contributed by atoms with E-state index in [0.717, 1.165) is 32.1 Å². The molecule has 1 N–H and O–H groups in total. The van der Waals surface area contributed by atoms with Crippen LogP contribution in [-0.2, 0) is 23.9 Å². The van der Waals surface area contributed by atoms with Gasteiger partial charge in [-0.15, -0.1) is 0 Å². The van der Waals surface area contributed by atoms with E-state index in [1.165, 1.54) is 5.57 Å². The van der Waals surface area contributed by atoms with Crippen LogP contribution in [0.15, 0.2) is 11.6 Å². The molecule has 4 saturated carbocycles. The zero-order chi connectivity index (χ0) is 29.0. The van der Waals surface area contributed by atoms with Crippen molar-refractivity contribution in [2.45, 2.75) is 112 Å². The van der Waals surface area contributed by atoms with Gasteiger partial charge in [0.25, 0.3) is 0 Å². The second-order valence-electron chi connectivity index (χ2n) is 15.6. The van der Waals surface area contributed by atoms with E-state index in [4.69, 9.17) is 4.74 Å². The predicted molar refractivity (Wildman–Crippen MR) is 142 cm³/mol. The van der Waals surface area contributed by atoms with Crippen LogP contribution in [0.5, 0.6) is 0 Å². The molecule has 0 bridgehead atoms. The Labute approximate surface area is 281 Å². The zero-order valence-electron chi connectivity index (χ0n) is 25.6. The van der Waals surface area contributed by atoms with Crippen LogP contribution in [0.4, 0.5) is 0 Å². The Kier molecular flexibility index (Phi) is 8.09. The molecule has 0 aromatic carbocycles. The van der Waals surface area contributed by atoms with Crippen LogP contribution in [-0.4, -0.2) is 34.9 Å². The molecule has 0 unspecified atom stereocenters. The first-order chi connectivity index (χ1) is 17.9. The molecule has 0 aromatic rings. The molecule has 40 heavy (non-hydrogen) atoms. The van der Waals surface area contributed by atoms with Gasteiger partial charge in [-0.05, 0) is 104 Å². The normalized spacial score (nSPS) is 47.2. The number of hydrogen-bond acceptors (Lipinski definition) is 6. The molecular formula is C32H45KO7. The van der Waals surface area contributed by atoms with E-state index in [-0.39, 0.29) is 96.6 Å². The minimum Gasteiger partial charge on any atom is -0.539 e. The number of ketones is 1. The third kappa shape index (κ3) is 4.31. The molecule has 4 fully saturated rings. The Bertz CT molecular complexity index is 1180. The quantitative estimate of drug-likeness (QED) is 0.300. The summed E-state index contributed by atoms with van der Waals surface area (Å²) in [5, 5.41) is 21.2. The zero-order valence-corrected chi connectivity index (χ0v) is 28.8. The fourth-order valence-electron chi connectivity index (χ4n) is 10.7. The van der Waals surface area contributed by atoms with Crippen LogP contribution in [0.3, 0.4) is 0 Å². The predicted octanol–water partition coefficient (Wildman–Crippen LogP) is 1.72. The molecule has 9 atom stereocenters. The van der Waals surface area contributed by atoms with Gasteiger partial charge in [-0.2, -0.15) is 0 Å². The summed E-state index contributed by atoms with van der Waals surface area (Å²) in [4.78, 5) is 49.7. The average molecular weight is 581 g/mol. The maximum Gasteiger partial charge on any atom is 1.00 e. The summed E-state index contributed by atoms with van der Waals surface area (Å²) in [7, 11) is 0. The largest absolute Gasteiger partial charge is 1.00 e. The minimum absolute atomic E-state index is 0. The summed E-state index contributed by atoms with van der Waals surface area (Å²) in [6, 6.07) is 0. The van der Waals surface area contributed by atoms with E-state index in [2.05, 4.69) is 27.7 Å². The average Bonchev–Trinajstić information content (AvgIpc) is 2.83. The molecule has 7 nitrogen and oxygen atoms in total. The van der Waals surface area contributed by atoms with Crippen LogP contribution >= 0.6 is 0 Å². The Morgan fingerprint density at radius 1 is 0.925 bits per heavy atom. The minimum atomic E-state index is -1.82. The van der Waals surface area contributed by atoms with Crippen LogP contribution in [0.25, 0.3) is 0 Å². The fourth-order valence-corrected chi connectivity index (χ4v) is 10.7. The number of rotatable bonds is 2. The van der Waals surface area contributed by atoms with Gasteiger partial charge in [-0.3, -0.25) is 9.59 Å². The maximum absolute atomic E-state index is 14.4. The molecule has 0 heterocycles. The second kappa shape index (κ2) is 10.00. The van der Waals surface area contributed by atoms with Gasteiger partial charge in [0.15, 0.2) is 11.8 Å². The fraction of sp³-hybridized carbons (Fsp3) is 0.812. The van der Waals surface area contributed by atoms with Crippen molar-refractivity contribution in [1.29, 1.82) is 0 Å². The van der Waals surface area contributed by atoms with E-state index in [1.807, 2.05) is 26.8 Å². The van der Waals surface area contributed by atoms with Gasteiger partial charge >= 0.3 is 63.3 Å². The van der Waals surface area contributed by atoms with Gasteiger partial charge in [0, 0.05) is 11.3 Å². The summed E-state index contributed by atoms with van der Waals surface area (Å²) >= 11 is 0. The van der Waals surface area contributed by atoms with Crippen molar-refractivity contribution in [1.82, 2.24) is 0 Å². The van der Waals surface area contributed by atoms with Gasteiger partial charge in [0.2, 0.25) is 0 Å². The molecule has 0 aromatic heterocycles. The summed E-state index contributed by atoms with van der Waals surface area (Å²) < 4.78 is 5.42. The number of carboxylic acid groups (broad SMARTS) is 2. The van der Waals surface area contributed by atoms with Crippen molar-refractivity contribution in [3.63, 3.8) is 0 Å². The smallest absolute Gasteiger partial charge is 0.539 e. The first-order valence-electron chi connectivity index (χ1n) is 14.8. The Morgan fingerprint density at radius 2 is 1.55 bits per heavy atom. The number of esters is 1. The van der Waals surface area contributed by atoms with Crippen molar-refractivity contribution in [2.24, 2.45) is 50.2 Å². The number of fused-ring (bicyclic) bond motifs is 7.